The molecule has 1 fully saturated rings. The molecule has 202 valence electrons. The van der Waals surface area contributed by atoms with E-state index in [1.54, 1.807) is 59.5 Å². The Labute approximate surface area is 245 Å². The minimum absolute atomic E-state index is 0.125. The van der Waals surface area contributed by atoms with Gasteiger partial charge < -0.3 is 14.7 Å². The fourth-order valence-electron chi connectivity index (χ4n) is 5.15. The smallest absolute Gasteiger partial charge is 0.259 e. The number of hydrogen-bond donors (Lipinski definition) is 0. The van der Waals surface area contributed by atoms with Crippen LogP contribution in [0.15, 0.2) is 101 Å². The van der Waals surface area contributed by atoms with Gasteiger partial charge in [-0.1, -0.05) is 53.5 Å². The number of piperazine rings is 1. The molecule has 0 N–H and O–H groups in total. The summed E-state index contributed by atoms with van der Waals surface area (Å²) in [6, 6.07) is 27.1. The summed E-state index contributed by atoms with van der Waals surface area (Å²) in [5.41, 5.74) is 3.20. The number of carbonyl (C=O) groups excluding carboxylic acids is 2. The van der Waals surface area contributed by atoms with E-state index in [0.717, 1.165) is 11.3 Å². The summed E-state index contributed by atoms with van der Waals surface area (Å²) in [4.78, 5) is 34.1. The van der Waals surface area contributed by atoms with E-state index in [-0.39, 0.29) is 18.4 Å². The number of nitrogens with zero attached hydrogens (tertiary/aromatic N) is 3. The van der Waals surface area contributed by atoms with E-state index in [4.69, 9.17) is 23.2 Å². The molecule has 1 saturated heterocycles. The van der Waals surface area contributed by atoms with E-state index in [2.05, 4.69) is 4.90 Å². The standard InChI is InChI=1S/C31H25Cl2N3O3S/c32-23-11-8-21(9-12-23)20-36-27-18-22(10-13-29(27)40(39)28-7-2-1-6-26(28)31(36)38)30(37)35-16-14-34(15-17-35)25-5-3-4-24(33)19-25/h1-13,18-19H,14-17,20H2/t40-/m0/s1. The van der Waals surface area contributed by atoms with Crippen LogP contribution in [0.25, 0.3) is 0 Å². The van der Waals surface area contributed by atoms with E-state index < -0.39 is 10.8 Å². The number of fused-ring (bicyclic) bond motifs is 2. The maximum Gasteiger partial charge on any atom is 0.259 e. The molecule has 0 aliphatic carbocycles. The number of hydrogen-bond acceptors (Lipinski definition) is 4. The molecule has 6 rings (SSSR count). The fourth-order valence-corrected chi connectivity index (χ4v) is 6.80. The Morgan fingerprint density at radius 1 is 0.775 bits per heavy atom. The van der Waals surface area contributed by atoms with Crippen molar-refractivity contribution < 1.29 is 13.8 Å². The molecule has 6 nitrogen and oxygen atoms in total. The van der Waals surface area contributed by atoms with Crippen molar-refractivity contribution in [2.24, 2.45) is 0 Å². The summed E-state index contributed by atoms with van der Waals surface area (Å²) in [6.07, 6.45) is 0. The fraction of sp³-hybridized carbons (Fsp3) is 0.161. The van der Waals surface area contributed by atoms with Crippen molar-refractivity contribution in [3.63, 3.8) is 0 Å². The maximum atomic E-state index is 13.8. The van der Waals surface area contributed by atoms with E-state index in [1.807, 2.05) is 41.3 Å². The minimum atomic E-state index is -1.59. The lowest BCUT2D eigenvalue weighted by molar-refractivity contribution is 0.0746. The van der Waals surface area contributed by atoms with Gasteiger partial charge in [0.05, 0.1) is 38.4 Å². The van der Waals surface area contributed by atoms with Crippen LogP contribution in [0.2, 0.25) is 10.0 Å². The molecule has 0 saturated carbocycles. The third-order valence-corrected chi connectivity index (χ3v) is 9.24. The monoisotopic (exact) mass is 589 g/mol. The summed E-state index contributed by atoms with van der Waals surface area (Å²) in [7, 11) is -1.59. The van der Waals surface area contributed by atoms with Crippen LogP contribution in [0.5, 0.6) is 0 Å². The number of anilines is 2. The predicted molar refractivity (Wildman–Crippen MR) is 159 cm³/mol. The van der Waals surface area contributed by atoms with Crippen molar-refractivity contribution in [1.29, 1.82) is 0 Å². The Hall–Kier alpha value is -3.65. The van der Waals surface area contributed by atoms with Crippen LogP contribution in [0.3, 0.4) is 0 Å². The summed E-state index contributed by atoms with van der Waals surface area (Å²) in [5, 5.41) is 1.28. The molecule has 40 heavy (non-hydrogen) atoms. The van der Waals surface area contributed by atoms with Gasteiger partial charge in [-0.25, -0.2) is 4.21 Å². The average Bonchev–Trinajstić information content (AvgIpc) is 3.07. The lowest BCUT2D eigenvalue weighted by Gasteiger charge is -2.36. The molecule has 1 atom stereocenters. The molecule has 0 radical (unpaired) electrons. The first-order chi connectivity index (χ1) is 19.4. The van der Waals surface area contributed by atoms with Gasteiger partial charge in [-0.3, -0.25) is 9.59 Å². The zero-order valence-corrected chi connectivity index (χ0v) is 23.8. The normalized spacial score (nSPS) is 16.8. The van der Waals surface area contributed by atoms with Gasteiger partial charge in [0.2, 0.25) is 0 Å². The molecule has 2 amide bonds. The second kappa shape index (κ2) is 11.1. The second-order valence-corrected chi connectivity index (χ2v) is 12.0. The molecule has 0 aromatic heterocycles. The third-order valence-electron chi connectivity index (χ3n) is 7.25. The van der Waals surface area contributed by atoms with Crippen molar-refractivity contribution in [2.45, 2.75) is 16.3 Å². The van der Waals surface area contributed by atoms with Gasteiger partial charge in [-0.15, -0.1) is 0 Å². The lowest BCUT2D eigenvalue weighted by Crippen LogP contribution is -2.48. The minimum Gasteiger partial charge on any atom is -0.368 e. The van der Waals surface area contributed by atoms with Gasteiger partial charge in [0.1, 0.15) is 0 Å². The Bertz CT molecular complexity index is 1640. The molecule has 0 spiro atoms. The van der Waals surface area contributed by atoms with E-state index >= 15 is 0 Å². The van der Waals surface area contributed by atoms with Gasteiger partial charge in [-0.05, 0) is 66.2 Å². The lowest BCUT2D eigenvalue weighted by atomic mass is 10.1. The van der Waals surface area contributed by atoms with Crippen LogP contribution in [0, 0.1) is 0 Å². The number of rotatable bonds is 4. The largest absolute Gasteiger partial charge is 0.368 e. The summed E-state index contributed by atoms with van der Waals surface area (Å²) in [5.74, 6) is -0.391. The van der Waals surface area contributed by atoms with Crippen molar-refractivity contribution in [3.05, 3.63) is 118 Å². The quantitative estimate of drug-likeness (QED) is 0.281. The van der Waals surface area contributed by atoms with E-state index in [9.17, 15) is 13.8 Å². The molecule has 4 aromatic carbocycles. The average molecular weight is 591 g/mol. The number of halogens is 2. The Balaban J connectivity index is 1.31. The van der Waals surface area contributed by atoms with Crippen molar-refractivity contribution in [3.8, 4) is 0 Å². The molecule has 0 bridgehead atoms. The molecular weight excluding hydrogens is 565 g/mol. The van der Waals surface area contributed by atoms with Gasteiger partial charge in [0.15, 0.2) is 0 Å². The summed E-state index contributed by atoms with van der Waals surface area (Å²) >= 11 is 12.3. The summed E-state index contributed by atoms with van der Waals surface area (Å²) in [6.45, 7) is 2.69. The Morgan fingerprint density at radius 2 is 1.52 bits per heavy atom. The molecule has 2 aliphatic rings. The molecule has 9 heteroatoms. The van der Waals surface area contributed by atoms with Gasteiger partial charge >= 0.3 is 0 Å². The topological polar surface area (TPSA) is 60.9 Å². The summed E-state index contributed by atoms with van der Waals surface area (Å²) < 4.78 is 13.7. The van der Waals surface area contributed by atoms with Crippen LogP contribution in [0.4, 0.5) is 11.4 Å². The zero-order valence-electron chi connectivity index (χ0n) is 21.4. The third kappa shape index (κ3) is 5.12. The first kappa shape index (κ1) is 26.6. The highest BCUT2D eigenvalue weighted by atomic mass is 35.5. The second-order valence-electron chi connectivity index (χ2n) is 9.72. The highest BCUT2D eigenvalue weighted by Crippen LogP contribution is 2.36. The zero-order chi connectivity index (χ0) is 27.8. The first-order valence-electron chi connectivity index (χ1n) is 12.9. The number of amides is 2. The molecule has 2 heterocycles. The van der Waals surface area contributed by atoms with Crippen LogP contribution < -0.4 is 9.80 Å². The SMILES string of the molecule is O=C(c1ccc2c(c1)N(Cc1ccc(Cl)cc1)C(=O)c1ccccc1[S@@]2=O)N1CCN(c2cccc(Cl)c2)CC1. The van der Waals surface area contributed by atoms with Crippen LogP contribution >= 0.6 is 23.2 Å². The van der Waals surface area contributed by atoms with E-state index in [0.29, 0.717) is 62.8 Å². The van der Waals surface area contributed by atoms with Gasteiger partial charge in [-0.2, -0.15) is 0 Å². The molecule has 0 unspecified atom stereocenters. The van der Waals surface area contributed by atoms with Crippen molar-refractivity contribution >= 4 is 57.2 Å². The highest BCUT2D eigenvalue weighted by molar-refractivity contribution is 7.85. The Kier molecular flexibility index (Phi) is 7.36. The van der Waals surface area contributed by atoms with Crippen molar-refractivity contribution in [2.75, 3.05) is 36.0 Å². The van der Waals surface area contributed by atoms with Crippen LogP contribution in [-0.2, 0) is 17.3 Å². The molecule has 2 aliphatic heterocycles. The first-order valence-corrected chi connectivity index (χ1v) is 14.8. The van der Waals surface area contributed by atoms with Crippen LogP contribution in [-0.4, -0.2) is 47.1 Å². The Morgan fingerprint density at radius 3 is 2.27 bits per heavy atom. The van der Waals surface area contributed by atoms with Crippen molar-refractivity contribution in [1.82, 2.24) is 4.90 Å². The predicted octanol–water partition coefficient (Wildman–Crippen LogP) is 6.28. The number of benzene rings is 4. The number of carbonyl (C=O) groups is 2. The van der Waals surface area contributed by atoms with Gasteiger partial charge in [0, 0.05) is 47.5 Å². The molecular formula is C31H25Cl2N3O3S. The van der Waals surface area contributed by atoms with E-state index in [1.165, 1.54) is 0 Å². The maximum absolute atomic E-state index is 13.8. The van der Waals surface area contributed by atoms with Crippen LogP contribution in [0.1, 0.15) is 26.3 Å². The highest BCUT2D eigenvalue weighted by Gasteiger charge is 2.32. The van der Waals surface area contributed by atoms with Gasteiger partial charge in [0.25, 0.3) is 11.8 Å². The molecule has 4 aromatic rings.